The largest absolute Gasteiger partial charge is 0.315 e. The molecular weight excluding hydrogens is 283 g/mol. The number of nitrogens with zero attached hydrogens (tertiary/aromatic N) is 1. The highest BCUT2D eigenvalue weighted by Gasteiger charge is 2.21. The fourth-order valence-electron chi connectivity index (χ4n) is 2.33. The molecule has 0 bridgehead atoms. The summed E-state index contributed by atoms with van der Waals surface area (Å²) in [6.45, 7) is 6.09. The summed E-state index contributed by atoms with van der Waals surface area (Å²) in [6, 6.07) is 5.47. The van der Waals surface area contributed by atoms with Gasteiger partial charge in [-0.3, -0.25) is 4.90 Å². The van der Waals surface area contributed by atoms with Crippen LogP contribution in [0.1, 0.15) is 18.9 Å². The van der Waals surface area contributed by atoms with Crippen molar-refractivity contribution in [3.63, 3.8) is 0 Å². The van der Waals surface area contributed by atoms with Crippen molar-refractivity contribution in [3.8, 4) is 0 Å². The standard InChI is InChI=1S/C13H18BrFN2/c1-2-17(12-5-6-16-8-12)9-10-7-11(15)3-4-13(10)14/h3-4,7,12,16H,2,5-6,8-9H2,1H3. The van der Waals surface area contributed by atoms with Crippen LogP contribution in [0.3, 0.4) is 0 Å². The highest BCUT2D eigenvalue weighted by Crippen LogP contribution is 2.21. The normalized spacial score (nSPS) is 20.1. The third-order valence-corrected chi connectivity index (χ3v) is 4.11. The summed E-state index contributed by atoms with van der Waals surface area (Å²) in [7, 11) is 0. The van der Waals surface area contributed by atoms with Crippen molar-refractivity contribution in [3.05, 3.63) is 34.1 Å². The third-order valence-electron chi connectivity index (χ3n) is 3.34. The van der Waals surface area contributed by atoms with Gasteiger partial charge in [-0.1, -0.05) is 22.9 Å². The van der Waals surface area contributed by atoms with Gasteiger partial charge in [0.1, 0.15) is 5.82 Å². The van der Waals surface area contributed by atoms with Crippen LogP contribution in [-0.2, 0) is 6.54 Å². The van der Waals surface area contributed by atoms with Crippen LogP contribution in [0, 0.1) is 5.82 Å². The predicted molar refractivity (Wildman–Crippen MR) is 71.5 cm³/mol. The van der Waals surface area contributed by atoms with Gasteiger partial charge in [0, 0.05) is 23.6 Å². The molecule has 1 atom stereocenters. The molecule has 0 spiro atoms. The molecule has 0 aromatic heterocycles. The zero-order chi connectivity index (χ0) is 12.3. The molecule has 1 saturated heterocycles. The Morgan fingerprint density at radius 2 is 2.35 bits per heavy atom. The van der Waals surface area contributed by atoms with Gasteiger partial charge in [0.05, 0.1) is 0 Å². The Kier molecular flexibility index (Phi) is 4.54. The fourth-order valence-corrected chi connectivity index (χ4v) is 2.71. The number of benzene rings is 1. The van der Waals surface area contributed by atoms with E-state index in [2.05, 4.69) is 33.1 Å². The molecule has 1 heterocycles. The van der Waals surface area contributed by atoms with Crippen LogP contribution >= 0.6 is 15.9 Å². The van der Waals surface area contributed by atoms with E-state index in [1.807, 2.05) is 0 Å². The van der Waals surface area contributed by atoms with Crippen molar-refractivity contribution in [2.45, 2.75) is 25.9 Å². The lowest BCUT2D eigenvalue weighted by Crippen LogP contribution is -2.36. The van der Waals surface area contributed by atoms with E-state index in [-0.39, 0.29) is 5.82 Å². The predicted octanol–water partition coefficient (Wildman–Crippen LogP) is 2.77. The number of hydrogen-bond donors (Lipinski definition) is 1. The van der Waals surface area contributed by atoms with Crippen LogP contribution < -0.4 is 5.32 Å². The smallest absolute Gasteiger partial charge is 0.123 e. The molecule has 1 unspecified atom stereocenters. The summed E-state index contributed by atoms with van der Waals surface area (Å²) in [6.07, 6.45) is 1.18. The Balaban J connectivity index is 2.09. The molecular formula is C13H18BrFN2. The zero-order valence-corrected chi connectivity index (χ0v) is 11.6. The maximum absolute atomic E-state index is 13.2. The molecule has 2 nitrogen and oxygen atoms in total. The number of halogens is 2. The first-order chi connectivity index (χ1) is 8.20. The second-order valence-electron chi connectivity index (χ2n) is 4.45. The number of nitrogens with one attached hydrogen (secondary N) is 1. The molecule has 1 aromatic carbocycles. The van der Waals surface area contributed by atoms with Crippen molar-refractivity contribution in [1.29, 1.82) is 0 Å². The van der Waals surface area contributed by atoms with Crippen molar-refractivity contribution in [2.24, 2.45) is 0 Å². The van der Waals surface area contributed by atoms with E-state index in [1.165, 1.54) is 12.5 Å². The van der Waals surface area contributed by atoms with E-state index in [9.17, 15) is 4.39 Å². The Labute approximate surface area is 110 Å². The Bertz CT molecular complexity index is 378. The first-order valence-corrected chi connectivity index (χ1v) is 6.88. The second kappa shape index (κ2) is 5.94. The van der Waals surface area contributed by atoms with E-state index in [1.54, 1.807) is 12.1 Å². The molecule has 0 radical (unpaired) electrons. The minimum atomic E-state index is -0.163. The van der Waals surface area contributed by atoms with Gasteiger partial charge >= 0.3 is 0 Å². The van der Waals surface area contributed by atoms with Gasteiger partial charge in [0.15, 0.2) is 0 Å². The topological polar surface area (TPSA) is 15.3 Å². The van der Waals surface area contributed by atoms with Crippen molar-refractivity contribution >= 4 is 15.9 Å². The Morgan fingerprint density at radius 1 is 1.53 bits per heavy atom. The average Bonchev–Trinajstić information content (AvgIpc) is 2.84. The molecule has 1 aliphatic heterocycles. The first-order valence-electron chi connectivity index (χ1n) is 6.09. The SMILES string of the molecule is CCN(Cc1cc(F)ccc1Br)C1CCNC1. The average molecular weight is 301 g/mol. The third kappa shape index (κ3) is 3.27. The molecule has 0 aliphatic carbocycles. The van der Waals surface area contributed by atoms with Crippen LogP contribution in [0.25, 0.3) is 0 Å². The molecule has 1 N–H and O–H groups in total. The van der Waals surface area contributed by atoms with Crippen molar-refractivity contribution in [2.75, 3.05) is 19.6 Å². The van der Waals surface area contributed by atoms with Gasteiger partial charge in [-0.2, -0.15) is 0 Å². The van der Waals surface area contributed by atoms with E-state index in [4.69, 9.17) is 0 Å². The van der Waals surface area contributed by atoms with Gasteiger partial charge < -0.3 is 5.32 Å². The Hall–Kier alpha value is -0.450. The van der Waals surface area contributed by atoms with Crippen molar-refractivity contribution in [1.82, 2.24) is 10.2 Å². The van der Waals surface area contributed by atoms with Crippen LogP contribution in [0.5, 0.6) is 0 Å². The monoisotopic (exact) mass is 300 g/mol. The van der Waals surface area contributed by atoms with E-state index in [0.717, 1.165) is 36.2 Å². The second-order valence-corrected chi connectivity index (χ2v) is 5.30. The summed E-state index contributed by atoms with van der Waals surface area (Å²) >= 11 is 3.49. The van der Waals surface area contributed by atoms with Crippen LogP contribution in [0.2, 0.25) is 0 Å². The number of likely N-dealkylation sites (N-methyl/N-ethyl adjacent to an activating group) is 1. The number of rotatable bonds is 4. The van der Waals surface area contributed by atoms with Crippen LogP contribution in [-0.4, -0.2) is 30.6 Å². The number of hydrogen-bond acceptors (Lipinski definition) is 2. The van der Waals surface area contributed by atoms with E-state index < -0.39 is 0 Å². The fraction of sp³-hybridized carbons (Fsp3) is 0.538. The minimum Gasteiger partial charge on any atom is -0.315 e. The van der Waals surface area contributed by atoms with Gasteiger partial charge in [-0.15, -0.1) is 0 Å². The van der Waals surface area contributed by atoms with E-state index >= 15 is 0 Å². The minimum absolute atomic E-state index is 0.163. The van der Waals surface area contributed by atoms with Gasteiger partial charge in [-0.25, -0.2) is 4.39 Å². The van der Waals surface area contributed by atoms with Crippen molar-refractivity contribution < 1.29 is 4.39 Å². The van der Waals surface area contributed by atoms with Crippen LogP contribution in [0.15, 0.2) is 22.7 Å². The molecule has 2 rings (SSSR count). The highest BCUT2D eigenvalue weighted by atomic mass is 79.9. The van der Waals surface area contributed by atoms with Gasteiger partial charge in [-0.05, 0) is 43.3 Å². The van der Waals surface area contributed by atoms with Gasteiger partial charge in [0.25, 0.3) is 0 Å². The summed E-state index contributed by atoms with van der Waals surface area (Å²) < 4.78 is 14.2. The molecule has 0 saturated carbocycles. The quantitative estimate of drug-likeness (QED) is 0.920. The lowest BCUT2D eigenvalue weighted by atomic mass is 10.1. The molecule has 1 aliphatic rings. The summed E-state index contributed by atoms with van der Waals surface area (Å²) in [5.74, 6) is -0.163. The highest BCUT2D eigenvalue weighted by molar-refractivity contribution is 9.10. The van der Waals surface area contributed by atoms with Gasteiger partial charge in [0.2, 0.25) is 0 Å². The maximum Gasteiger partial charge on any atom is 0.123 e. The van der Waals surface area contributed by atoms with E-state index in [0.29, 0.717) is 6.04 Å². The molecule has 94 valence electrons. The molecule has 0 amide bonds. The molecule has 1 fully saturated rings. The first kappa shape index (κ1) is 13.0. The summed E-state index contributed by atoms with van der Waals surface area (Å²) in [5.41, 5.74) is 1.03. The maximum atomic E-state index is 13.2. The Morgan fingerprint density at radius 3 is 3.00 bits per heavy atom. The summed E-state index contributed by atoms with van der Waals surface area (Å²) in [5, 5.41) is 3.37. The van der Waals surface area contributed by atoms with Crippen LogP contribution in [0.4, 0.5) is 4.39 Å². The molecule has 1 aromatic rings. The lowest BCUT2D eigenvalue weighted by molar-refractivity contribution is 0.210. The molecule has 17 heavy (non-hydrogen) atoms. The summed E-state index contributed by atoms with van der Waals surface area (Å²) in [4.78, 5) is 2.40. The zero-order valence-electron chi connectivity index (χ0n) is 10.0. The molecule has 4 heteroatoms. The lowest BCUT2D eigenvalue weighted by Gasteiger charge is -2.27.